The van der Waals surface area contributed by atoms with Crippen LogP contribution in [0.4, 0.5) is 13.2 Å². The van der Waals surface area contributed by atoms with Crippen molar-refractivity contribution in [3.63, 3.8) is 0 Å². The van der Waals surface area contributed by atoms with E-state index >= 15 is 0 Å². The van der Waals surface area contributed by atoms with Gasteiger partial charge < -0.3 is 19.3 Å². The third-order valence-electron chi connectivity index (χ3n) is 4.45. The highest BCUT2D eigenvalue weighted by molar-refractivity contribution is 7.87. The Morgan fingerprint density at radius 3 is 1.94 bits per heavy atom. The lowest BCUT2D eigenvalue weighted by molar-refractivity contribution is -0.132. The maximum Gasteiger partial charge on any atom is 0.523 e. The molecule has 33 heavy (non-hydrogen) atoms. The first-order chi connectivity index (χ1) is 15.5. The van der Waals surface area contributed by atoms with Crippen LogP contribution >= 0.6 is 0 Å². The molecule has 2 aromatic carbocycles. The summed E-state index contributed by atoms with van der Waals surface area (Å²) in [6, 6.07) is 14.9. The maximum absolute atomic E-state index is 12.8. The van der Waals surface area contributed by atoms with Gasteiger partial charge in [-0.15, -0.1) is 0 Å². The highest BCUT2D eigenvalue weighted by atomic mass is 32.2. The Bertz CT molecular complexity index is 1070. The van der Waals surface area contributed by atoms with Gasteiger partial charge >= 0.3 is 27.6 Å². The van der Waals surface area contributed by atoms with Crippen LogP contribution in [-0.4, -0.2) is 62.2 Å². The molecule has 1 saturated heterocycles. The molecular weight excluding hydrogens is 473 g/mol. The van der Waals surface area contributed by atoms with Gasteiger partial charge in [0.15, 0.2) is 18.5 Å². The topological polar surface area (TPSA) is 125 Å². The van der Waals surface area contributed by atoms with Crippen molar-refractivity contribution >= 4 is 22.1 Å². The SMILES string of the molecule is O=C(OC[C@H]1O[C@H](O)C(OS(=O)(=O)C(F)(F)F)C1OC(=O)c1ccccc1)c1ccccc1. The highest BCUT2D eigenvalue weighted by Crippen LogP contribution is 2.33. The number of aliphatic hydroxyl groups excluding tert-OH is 1. The van der Waals surface area contributed by atoms with Crippen LogP contribution in [0.15, 0.2) is 60.7 Å². The third-order valence-corrected chi connectivity index (χ3v) is 5.49. The Kier molecular flexibility index (Phi) is 7.37. The number of hydrogen-bond donors (Lipinski definition) is 1. The van der Waals surface area contributed by atoms with E-state index in [1.165, 1.54) is 36.4 Å². The first-order valence-electron chi connectivity index (χ1n) is 9.31. The average Bonchev–Trinajstić information content (AvgIpc) is 3.06. The molecule has 0 bridgehead atoms. The Labute approximate surface area is 185 Å². The Balaban J connectivity index is 1.81. The van der Waals surface area contributed by atoms with Gasteiger partial charge in [0.2, 0.25) is 0 Å². The molecule has 13 heteroatoms. The minimum absolute atomic E-state index is 0.0173. The molecule has 0 saturated carbocycles. The summed E-state index contributed by atoms with van der Waals surface area (Å²) in [5.74, 6) is -1.90. The van der Waals surface area contributed by atoms with Crippen molar-refractivity contribution in [3.05, 3.63) is 71.8 Å². The summed E-state index contributed by atoms with van der Waals surface area (Å²) in [7, 11) is -6.18. The monoisotopic (exact) mass is 490 g/mol. The third kappa shape index (κ3) is 5.87. The fraction of sp³-hybridized carbons (Fsp3) is 0.300. The van der Waals surface area contributed by atoms with Gasteiger partial charge in [0.1, 0.15) is 12.7 Å². The van der Waals surface area contributed by atoms with E-state index in [0.29, 0.717) is 0 Å². The zero-order valence-corrected chi connectivity index (χ0v) is 17.4. The molecule has 0 spiro atoms. The molecule has 0 amide bonds. The van der Waals surface area contributed by atoms with Crippen molar-refractivity contribution in [1.82, 2.24) is 0 Å². The Hall–Kier alpha value is -3.00. The van der Waals surface area contributed by atoms with Gasteiger partial charge in [-0.05, 0) is 24.3 Å². The summed E-state index contributed by atoms with van der Waals surface area (Å²) in [5, 5.41) is 10.0. The number of carbonyl (C=O) groups excluding carboxylic acids is 2. The summed E-state index contributed by atoms with van der Waals surface area (Å²) in [5.41, 5.74) is -5.68. The van der Waals surface area contributed by atoms with Crippen molar-refractivity contribution in [3.8, 4) is 0 Å². The second kappa shape index (κ2) is 9.87. The average molecular weight is 490 g/mol. The maximum atomic E-state index is 12.8. The second-order valence-corrected chi connectivity index (χ2v) is 8.29. The summed E-state index contributed by atoms with van der Waals surface area (Å²) in [6.07, 6.45) is -7.91. The fourth-order valence-corrected chi connectivity index (χ4v) is 3.48. The number of esters is 2. The Morgan fingerprint density at radius 1 is 0.909 bits per heavy atom. The molecule has 3 rings (SSSR count). The number of halogens is 3. The van der Waals surface area contributed by atoms with Crippen molar-refractivity contribution < 1.29 is 54.7 Å². The number of ether oxygens (including phenoxy) is 3. The lowest BCUT2D eigenvalue weighted by atomic mass is 10.1. The number of alkyl halides is 3. The highest BCUT2D eigenvalue weighted by Gasteiger charge is 2.56. The quantitative estimate of drug-likeness (QED) is 0.352. The number of rotatable bonds is 7. The molecule has 2 aromatic rings. The van der Waals surface area contributed by atoms with E-state index in [-0.39, 0.29) is 11.1 Å². The van der Waals surface area contributed by atoms with Crippen LogP contribution in [0.1, 0.15) is 20.7 Å². The van der Waals surface area contributed by atoms with Crippen LogP contribution in [0.25, 0.3) is 0 Å². The van der Waals surface area contributed by atoms with Gasteiger partial charge in [0.05, 0.1) is 11.1 Å². The molecule has 1 aliphatic heterocycles. The van der Waals surface area contributed by atoms with E-state index in [0.717, 1.165) is 0 Å². The second-order valence-electron chi connectivity index (χ2n) is 6.73. The predicted octanol–water partition coefficient (Wildman–Crippen LogP) is 2.02. The standard InChI is InChI=1S/C20H17F3O9S/c21-20(22,23)33(27,28)32-16-15(31-18(25)13-9-5-2-6-10-13)14(30-19(16)26)11-29-17(24)12-7-3-1-4-8-12/h1-10,14-16,19,26H,11H2/t14-,15?,16?,19+/m1/s1. The van der Waals surface area contributed by atoms with Crippen LogP contribution in [0, 0.1) is 0 Å². The van der Waals surface area contributed by atoms with Crippen molar-refractivity contribution in [1.29, 1.82) is 0 Å². The molecule has 4 atom stereocenters. The molecule has 1 heterocycles. The van der Waals surface area contributed by atoms with Gasteiger partial charge in [-0.1, -0.05) is 36.4 Å². The van der Waals surface area contributed by atoms with E-state index in [9.17, 15) is 36.3 Å². The van der Waals surface area contributed by atoms with E-state index in [2.05, 4.69) is 4.18 Å². The smallest absolute Gasteiger partial charge is 0.459 e. The minimum atomic E-state index is -6.18. The number of carbonyl (C=O) groups is 2. The summed E-state index contributed by atoms with van der Waals surface area (Å²) >= 11 is 0. The number of benzene rings is 2. The van der Waals surface area contributed by atoms with Crippen molar-refractivity contribution in [2.24, 2.45) is 0 Å². The summed E-state index contributed by atoms with van der Waals surface area (Å²) in [4.78, 5) is 24.6. The molecule has 0 radical (unpaired) electrons. The van der Waals surface area contributed by atoms with Gasteiger partial charge in [0.25, 0.3) is 0 Å². The molecule has 9 nitrogen and oxygen atoms in total. The van der Waals surface area contributed by atoms with E-state index in [1.807, 2.05) is 0 Å². The molecule has 178 valence electrons. The normalized spacial score (nSPS) is 23.2. The van der Waals surface area contributed by atoms with Crippen LogP contribution in [0.5, 0.6) is 0 Å². The first kappa shape index (κ1) is 24.6. The van der Waals surface area contributed by atoms with Gasteiger partial charge in [-0.25, -0.2) is 9.59 Å². The van der Waals surface area contributed by atoms with Gasteiger partial charge in [-0.3, -0.25) is 4.18 Å². The van der Waals surface area contributed by atoms with Crippen LogP contribution < -0.4 is 0 Å². The Morgan fingerprint density at radius 2 is 1.42 bits per heavy atom. The lowest BCUT2D eigenvalue weighted by Crippen LogP contribution is -2.43. The lowest BCUT2D eigenvalue weighted by Gasteiger charge is -2.23. The molecule has 0 aliphatic carbocycles. The van der Waals surface area contributed by atoms with Crippen molar-refractivity contribution in [2.45, 2.75) is 30.1 Å². The van der Waals surface area contributed by atoms with Crippen LogP contribution in [0.3, 0.4) is 0 Å². The van der Waals surface area contributed by atoms with E-state index in [1.54, 1.807) is 24.3 Å². The molecule has 1 N–H and O–H groups in total. The zero-order valence-electron chi connectivity index (χ0n) is 16.5. The molecule has 1 fully saturated rings. The predicted molar refractivity (Wildman–Crippen MR) is 103 cm³/mol. The van der Waals surface area contributed by atoms with Crippen molar-refractivity contribution in [2.75, 3.05) is 6.61 Å². The van der Waals surface area contributed by atoms with Gasteiger partial charge in [-0.2, -0.15) is 21.6 Å². The van der Waals surface area contributed by atoms with E-state index in [4.69, 9.17) is 14.2 Å². The number of aliphatic hydroxyl groups is 1. The molecule has 1 aliphatic rings. The number of hydrogen-bond acceptors (Lipinski definition) is 9. The molecule has 0 aromatic heterocycles. The molecule has 2 unspecified atom stereocenters. The zero-order chi connectivity index (χ0) is 24.2. The van der Waals surface area contributed by atoms with Gasteiger partial charge in [0, 0.05) is 0 Å². The minimum Gasteiger partial charge on any atom is -0.459 e. The first-order valence-corrected chi connectivity index (χ1v) is 10.7. The van der Waals surface area contributed by atoms with Crippen LogP contribution in [-0.2, 0) is 28.5 Å². The summed E-state index contributed by atoms with van der Waals surface area (Å²) < 4.78 is 80.6. The summed E-state index contributed by atoms with van der Waals surface area (Å²) in [6.45, 7) is -0.691. The largest absolute Gasteiger partial charge is 0.523 e. The van der Waals surface area contributed by atoms with Crippen LogP contribution in [0.2, 0.25) is 0 Å². The fourth-order valence-electron chi connectivity index (χ4n) is 2.87. The van der Waals surface area contributed by atoms with E-state index < -0.39 is 58.8 Å². The molecular formula is C20H17F3O9S.